The summed E-state index contributed by atoms with van der Waals surface area (Å²) in [5, 5.41) is 8.93. The van der Waals surface area contributed by atoms with Crippen molar-refractivity contribution in [1.29, 1.82) is 0 Å². The molecule has 3 heterocycles. The van der Waals surface area contributed by atoms with Crippen LogP contribution in [0.1, 0.15) is 6.42 Å². The van der Waals surface area contributed by atoms with Crippen molar-refractivity contribution in [2.75, 3.05) is 12.4 Å². The Balaban J connectivity index is 1.88. The maximum atomic E-state index is 11.7. The second-order valence-corrected chi connectivity index (χ2v) is 4.22. The van der Waals surface area contributed by atoms with Crippen LogP contribution < -0.4 is 11.0 Å². The summed E-state index contributed by atoms with van der Waals surface area (Å²) in [5.74, 6) is -0.154. The van der Waals surface area contributed by atoms with E-state index in [1.165, 1.54) is 23.8 Å². The number of amides is 2. The van der Waals surface area contributed by atoms with Gasteiger partial charge in [0, 0.05) is 13.1 Å². The average molecular weight is 262 g/mol. The van der Waals surface area contributed by atoms with Crippen LogP contribution in [0.4, 0.5) is 5.82 Å². The second-order valence-electron chi connectivity index (χ2n) is 4.22. The lowest BCUT2D eigenvalue weighted by Crippen LogP contribution is -2.32. The van der Waals surface area contributed by atoms with Gasteiger partial charge >= 0.3 is 5.69 Å². The van der Waals surface area contributed by atoms with Gasteiger partial charge in [0.05, 0.1) is 6.42 Å². The molecule has 2 N–H and O–H groups in total. The predicted molar refractivity (Wildman–Crippen MR) is 63.4 cm³/mol. The van der Waals surface area contributed by atoms with Gasteiger partial charge in [-0.2, -0.15) is 5.10 Å². The fourth-order valence-electron chi connectivity index (χ4n) is 1.94. The van der Waals surface area contributed by atoms with Crippen molar-refractivity contribution in [1.82, 2.24) is 24.5 Å². The van der Waals surface area contributed by atoms with Crippen LogP contribution in [0.3, 0.4) is 0 Å². The van der Waals surface area contributed by atoms with Crippen LogP contribution in [0.5, 0.6) is 0 Å². The van der Waals surface area contributed by atoms with Gasteiger partial charge in [0.25, 0.3) is 5.91 Å². The lowest BCUT2D eigenvalue weighted by molar-refractivity contribution is -0.136. The molecule has 0 saturated carbocycles. The van der Waals surface area contributed by atoms with Crippen molar-refractivity contribution in [3.63, 3.8) is 0 Å². The van der Waals surface area contributed by atoms with E-state index in [-0.39, 0.29) is 23.9 Å². The van der Waals surface area contributed by atoms with E-state index in [0.29, 0.717) is 11.5 Å². The Morgan fingerprint density at radius 1 is 1.42 bits per heavy atom. The van der Waals surface area contributed by atoms with E-state index in [0.717, 1.165) is 4.90 Å². The minimum absolute atomic E-state index is 0.0928. The van der Waals surface area contributed by atoms with E-state index in [4.69, 9.17) is 0 Å². The molecule has 2 aromatic heterocycles. The summed E-state index contributed by atoms with van der Waals surface area (Å²) < 4.78 is 1.24. The Bertz CT molecular complexity index is 732. The summed E-state index contributed by atoms with van der Waals surface area (Å²) in [5.41, 5.74) is -0.00599. The maximum absolute atomic E-state index is 11.7. The highest BCUT2D eigenvalue weighted by molar-refractivity contribution is 6.06. The number of anilines is 1. The number of H-pyrrole nitrogens is 1. The number of hydrogen-bond donors (Lipinski definition) is 2. The first-order chi connectivity index (χ1) is 9.06. The molecule has 2 amide bonds. The molecule has 98 valence electrons. The van der Waals surface area contributed by atoms with Crippen molar-refractivity contribution in [2.45, 2.75) is 12.5 Å². The number of nitrogens with zero attached hydrogens (tertiary/aromatic N) is 4. The fraction of sp³-hybridized carbons (Fsp3) is 0.300. The minimum Gasteiger partial charge on any atom is -0.358 e. The van der Waals surface area contributed by atoms with Crippen LogP contribution in [0.2, 0.25) is 0 Å². The molecule has 0 bridgehead atoms. The number of fused-ring (bicyclic) bond motifs is 1. The summed E-state index contributed by atoms with van der Waals surface area (Å²) in [6.45, 7) is 0. The standard InChI is InChI=1S/C10H10N6O3/c1-15-8(17)2-5(9(15)18)12-6-3-7-13-14-10(19)16(7)4-11-6/h3-5,12H,2H2,1H3,(H,14,19). The predicted octanol–water partition coefficient (Wildman–Crippen LogP) is -1.41. The Labute approximate surface area is 106 Å². The first kappa shape index (κ1) is 11.4. The maximum Gasteiger partial charge on any atom is 0.348 e. The second kappa shape index (κ2) is 3.90. The highest BCUT2D eigenvalue weighted by atomic mass is 16.2. The molecule has 1 saturated heterocycles. The summed E-state index contributed by atoms with van der Waals surface area (Å²) in [7, 11) is 1.44. The van der Waals surface area contributed by atoms with Crippen LogP contribution in [-0.2, 0) is 9.59 Å². The largest absolute Gasteiger partial charge is 0.358 e. The molecule has 9 nitrogen and oxygen atoms in total. The zero-order chi connectivity index (χ0) is 13.6. The number of carbonyl (C=O) groups excluding carboxylic acids is 2. The number of carbonyl (C=O) groups is 2. The molecule has 1 aliphatic rings. The van der Waals surface area contributed by atoms with Gasteiger partial charge in [0.1, 0.15) is 18.2 Å². The molecule has 0 spiro atoms. The van der Waals surface area contributed by atoms with E-state index in [1.807, 2.05) is 0 Å². The lowest BCUT2D eigenvalue weighted by atomic mass is 10.2. The van der Waals surface area contributed by atoms with Gasteiger partial charge < -0.3 is 5.32 Å². The quantitative estimate of drug-likeness (QED) is 0.643. The third-order valence-corrected chi connectivity index (χ3v) is 3.01. The summed E-state index contributed by atoms with van der Waals surface area (Å²) in [6, 6.07) is 0.895. The highest BCUT2D eigenvalue weighted by Crippen LogP contribution is 2.15. The molecule has 1 fully saturated rings. The molecule has 3 rings (SSSR count). The van der Waals surface area contributed by atoms with Crippen molar-refractivity contribution < 1.29 is 9.59 Å². The molecule has 0 radical (unpaired) electrons. The van der Waals surface area contributed by atoms with E-state index in [1.54, 1.807) is 0 Å². The number of rotatable bonds is 2. The summed E-state index contributed by atoms with van der Waals surface area (Å²) >= 11 is 0. The van der Waals surface area contributed by atoms with E-state index >= 15 is 0 Å². The third-order valence-electron chi connectivity index (χ3n) is 3.01. The van der Waals surface area contributed by atoms with Crippen molar-refractivity contribution >= 4 is 23.3 Å². The first-order valence-electron chi connectivity index (χ1n) is 5.56. The topological polar surface area (TPSA) is 112 Å². The normalized spacial score (nSPS) is 19.4. The molecule has 1 atom stereocenters. The number of aromatic nitrogens is 4. The van der Waals surface area contributed by atoms with Crippen molar-refractivity contribution in [3.8, 4) is 0 Å². The lowest BCUT2D eigenvalue weighted by Gasteiger charge is -2.11. The van der Waals surface area contributed by atoms with E-state index in [2.05, 4.69) is 20.5 Å². The molecular weight excluding hydrogens is 252 g/mol. The zero-order valence-electron chi connectivity index (χ0n) is 9.95. The zero-order valence-corrected chi connectivity index (χ0v) is 9.95. The van der Waals surface area contributed by atoms with Gasteiger partial charge in [-0.25, -0.2) is 19.3 Å². The molecule has 1 aliphatic heterocycles. The molecule has 9 heteroatoms. The minimum atomic E-state index is -0.627. The monoisotopic (exact) mass is 262 g/mol. The van der Waals surface area contributed by atoms with Crippen molar-refractivity contribution in [3.05, 3.63) is 22.9 Å². The SMILES string of the molecule is CN1C(=O)CC(Nc2cc3n[nH]c(=O)n3cn2)C1=O. The van der Waals surface area contributed by atoms with Crippen LogP contribution in [0, 0.1) is 0 Å². The molecule has 0 aromatic carbocycles. The van der Waals surface area contributed by atoms with Crippen molar-refractivity contribution in [2.24, 2.45) is 0 Å². The number of likely N-dealkylation sites (tertiary alicyclic amines) is 1. The summed E-state index contributed by atoms with van der Waals surface area (Å²) in [6.07, 6.45) is 1.39. The van der Waals surface area contributed by atoms with Gasteiger partial charge in [-0.1, -0.05) is 0 Å². The average Bonchev–Trinajstić information content (AvgIpc) is 2.87. The molecular formula is C10H10N6O3. The van der Waals surface area contributed by atoms with Crippen LogP contribution in [-0.4, -0.2) is 49.4 Å². The number of nitrogens with one attached hydrogen (secondary N) is 2. The van der Waals surface area contributed by atoms with E-state index < -0.39 is 6.04 Å². The van der Waals surface area contributed by atoms with Gasteiger partial charge in [-0.3, -0.25) is 14.5 Å². The summed E-state index contributed by atoms with van der Waals surface area (Å²) in [4.78, 5) is 39.4. The Morgan fingerprint density at radius 2 is 2.21 bits per heavy atom. The molecule has 1 unspecified atom stereocenters. The Kier molecular flexibility index (Phi) is 2.34. The van der Waals surface area contributed by atoms with Gasteiger partial charge in [-0.15, -0.1) is 0 Å². The molecule has 0 aliphatic carbocycles. The molecule has 2 aromatic rings. The number of imide groups is 1. The van der Waals surface area contributed by atoms with Crippen LogP contribution in [0.15, 0.2) is 17.2 Å². The van der Waals surface area contributed by atoms with Crippen LogP contribution >= 0.6 is 0 Å². The molecule has 19 heavy (non-hydrogen) atoms. The Hall–Kier alpha value is -2.71. The first-order valence-corrected chi connectivity index (χ1v) is 5.56. The van der Waals surface area contributed by atoms with Gasteiger partial charge in [0.15, 0.2) is 5.65 Å². The van der Waals surface area contributed by atoms with Gasteiger partial charge in [-0.05, 0) is 0 Å². The highest BCUT2D eigenvalue weighted by Gasteiger charge is 2.36. The third kappa shape index (κ3) is 1.75. The van der Waals surface area contributed by atoms with Gasteiger partial charge in [0.2, 0.25) is 5.91 Å². The van der Waals surface area contributed by atoms with Crippen LogP contribution in [0.25, 0.3) is 5.65 Å². The fourth-order valence-corrected chi connectivity index (χ4v) is 1.94. The number of hydrogen-bond acceptors (Lipinski definition) is 6. The Morgan fingerprint density at radius 3 is 2.89 bits per heavy atom. The smallest absolute Gasteiger partial charge is 0.348 e. The van der Waals surface area contributed by atoms with E-state index in [9.17, 15) is 14.4 Å². The number of likely N-dealkylation sites (N-methyl/N-ethyl adjacent to an activating group) is 1. The number of aromatic amines is 1.